The lowest BCUT2D eigenvalue weighted by molar-refractivity contribution is 0.145. The maximum absolute atomic E-state index is 4.13. The summed E-state index contributed by atoms with van der Waals surface area (Å²) in [6, 6.07) is 20.1. The van der Waals surface area contributed by atoms with E-state index in [4.69, 9.17) is 0 Å². The van der Waals surface area contributed by atoms with Crippen LogP contribution in [0.25, 0.3) is 11.1 Å². The van der Waals surface area contributed by atoms with Gasteiger partial charge in [-0.15, -0.1) is 0 Å². The van der Waals surface area contributed by atoms with E-state index >= 15 is 0 Å². The summed E-state index contributed by atoms with van der Waals surface area (Å²) in [4.78, 5) is 3.10. The minimum Gasteiger partial charge on any atom is -0.368 e. The van der Waals surface area contributed by atoms with Gasteiger partial charge in [-0.05, 0) is 186 Å². The van der Waals surface area contributed by atoms with Crippen molar-refractivity contribution in [2.75, 3.05) is 0 Å². The Morgan fingerprint density at radius 2 is 1.26 bits per heavy atom. The number of hydrogen-bond donors (Lipinski definition) is 0. The summed E-state index contributed by atoms with van der Waals surface area (Å²) in [5.41, 5.74) is 17.8. The Bertz CT molecular complexity index is 2060. The van der Waals surface area contributed by atoms with E-state index in [1.165, 1.54) is 151 Å². The average Bonchev–Trinajstić information content (AvgIpc) is 3.59. The molecule has 4 atom stereocenters. The van der Waals surface area contributed by atoms with Gasteiger partial charge in [0.1, 0.15) is 0 Å². The van der Waals surface area contributed by atoms with Crippen molar-refractivity contribution < 1.29 is 0 Å². The fourth-order valence-electron chi connectivity index (χ4n) is 13.2. The molecule has 0 amide bonds. The van der Waals surface area contributed by atoms with Crippen LogP contribution in [-0.4, -0.2) is 27.2 Å². The standard InChI is InChI=1S/C55H64NSi/c57-54-29-14-10-25-50(54)49-24-9-13-28-53(49)56(45-34-30-40(31-35-45)42-19-15-18-41(38-42)39-16-3-1-4-17-39)46-36-32-44(33-37-46)55(43-20-5-2-6-21-43)51-26-11-7-22-47(51)48-23-8-12-27-52(48)55/h3,7-8,11-12,14,16-17,20,22-23,26-27,29-30,32,41-42,45-46H,1-2,4-6,9-10,13,15,18-19,21,24-25,28,31,33-38H2. The van der Waals surface area contributed by atoms with Crippen LogP contribution in [0.15, 0.2) is 141 Å². The number of nitrogens with zero attached hydrogens (tertiary/aromatic N) is 1. The second kappa shape index (κ2) is 16.6. The van der Waals surface area contributed by atoms with Crippen LogP contribution in [0.5, 0.6) is 0 Å². The summed E-state index contributed by atoms with van der Waals surface area (Å²) in [6.07, 6.45) is 48.4. The molecule has 0 saturated heterocycles. The first-order chi connectivity index (χ1) is 28.2. The lowest BCUT2D eigenvalue weighted by Crippen LogP contribution is -2.46. The first-order valence-corrected chi connectivity index (χ1v) is 24.0. The number of hydrogen-bond acceptors (Lipinski definition) is 1. The number of fused-ring (bicyclic) bond motifs is 3. The molecule has 0 aliphatic heterocycles. The van der Waals surface area contributed by atoms with Crippen molar-refractivity contribution in [1.82, 2.24) is 4.90 Å². The van der Waals surface area contributed by atoms with Crippen LogP contribution in [0.1, 0.15) is 152 Å². The second-order valence-electron chi connectivity index (χ2n) is 18.8. The Kier molecular flexibility index (Phi) is 10.9. The molecule has 8 aliphatic rings. The SMILES string of the molecule is [Si]C1=C(C2=C(N(C3CC=C(C4CCCC(C5=CCCC=C5)C4)CC3)C3CC=C(C4(C5=CCCCC5)c5ccccc5-c5ccccc54)CC3)CCCC2)CCC=C1. The van der Waals surface area contributed by atoms with Gasteiger partial charge in [0.25, 0.3) is 0 Å². The lowest BCUT2D eigenvalue weighted by atomic mass is 9.62. The third kappa shape index (κ3) is 6.94. The van der Waals surface area contributed by atoms with Gasteiger partial charge < -0.3 is 4.90 Å². The predicted octanol–water partition coefficient (Wildman–Crippen LogP) is 14.4. The minimum absolute atomic E-state index is 0.105. The van der Waals surface area contributed by atoms with Gasteiger partial charge >= 0.3 is 0 Å². The summed E-state index contributed by atoms with van der Waals surface area (Å²) in [5.74, 6) is 1.56. The van der Waals surface area contributed by atoms with Gasteiger partial charge in [0.2, 0.25) is 0 Å². The molecule has 0 spiro atoms. The third-order valence-electron chi connectivity index (χ3n) is 15.8. The molecule has 1 fully saturated rings. The monoisotopic (exact) mass is 766 g/mol. The van der Waals surface area contributed by atoms with Crippen molar-refractivity contribution in [3.8, 4) is 11.1 Å². The molecule has 10 rings (SSSR count). The molecular formula is C55H64NSi. The Hall–Kier alpha value is -3.62. The zero-order valence-corrected chi connectivity index (χ0v) is 35.6. The van der Waals surface area contributed by atoms with Gasteiger partial charge in [0, 0.05) is 17.8 Å². The Morgan fingerprint density at radius 1 is 0.544 bits per heavy atom. The van der Waals surface area contributed by atoms with E-state index in [0.717, 1.165) is 18.3 Å². The van der Waals surface area contributed by atoms with Crippen molar-refractivity contribution >= 4 is 10.2 Å². The minimum atomic E-state index is -0.105. The fourth-order valence-corrected chi connectivity index (χ4v) is 13.6. The van der Waals surface area contributed by atoms with E-state index in [-0.39, 0.29) is 5.41 Å². The molecule has 0 heterocycles. The molecule has 0 aromatic heterocycles. The van der Waals surface area contributed by atoms with Crippen LogP contribution in [0.4, 0.5) is 0 Å². The molecule has 8 aliphatic carbocycles. The van der Waals surface area contributed by atoms with Crippen LogP contribution in [0.3, 0.4) is 0 Å². The van der Waals surface area contributed by atoms with Crippen molar-refractivity contribution in [2.24, 2.45) is 11.8 Å². The van der Waals surface area contributed by atoms with E-state index in [2.05, 4.69) is 112 Å². The lowest BCUT2D eigenvalue weighted by Gasteiger charge is -2.48. The third-order valence-corrected chi connectivity index (χ3v) is 16.2. The Balaban J connectivity index is 1.00. The highest BCUT2D eigenvalue weighted by Gasteiger charge is 2.49. The normalized spacial score (nSPS) is 28.6. The van der Waals surface area contributed by atoms with Gasteiger partial charge in [0.05, 0.1) is 15.7 Å². The molecule has 293 valence electrons. The van der Waals surface area contributed by atoms with E-state index in [1.54, 1.807) is 44.7 Å². The first-order valence-electron chi connectivity index (χ1n) is 23.5. The van der Waals surface area contributed by atoms with Crippen LogP contribution in [0, 0.1) is 11.8 Å². The zero-order chi connectivity index (χ0) is 38.2. The van der Waals surface area contributed by atoms with Crippen LogP contribution < -0.4 is 0 Å². The molecule has 2 heteroatoms. The molecule has 2 aromatic rings. The highest BCUT2D eigenvalue weighted by atomic mass is 28.1. The van der Waals surface area contributed by atoms with Gasteiger partial charge in [0.15, 0.2) is 0 Å². The molecule has 2 aromatic carbocycles. The summed E-state index contributed by atoms with van der Waals surface area (Å²) < 4.78 is 0. The first kappa shape index (κ1) is 37.6. The van der Waals surface area contributed by atoms with Crippen molar-refractivity contribution in [2.45, 2.75) is 159 Å². The quantitative estimate of drug-likeness (QED) is 0.191. The summed E-state index contributed by atoms with van der Waals surface area (Å²) in [6.45, 7) is 0. The van der Waals surface area contributed by atoms with Crippen LogP contribution in [-0.2, 0) is 5.41 Å². The zero-order valence-electron chi connectivity index (χ0n) is 34.6. The molecule has 0 N–H and O–H groups in total. The molecular weight excluding hydrogens is 703 g/mol. The second-order valence-corrected chi connectivity index (χ2v) is 19.3. The molecule has 57 heavy (non-hydrogen) atoms. The molecule has 3 radical (unpaired) electrons. The number of benzene rings is 2. The van der Waals surface area contributed by atoms with Gasteiger partial charge in [-0.1, -0.05) is 125 Å². The molecule has 4 unspecified atom stereocenters. The highest BCUT2D eigenvalue weighted by Crippen LogP contribution is 2.60. The van der Waals surface area contributed by atoms with E-state index in [9.17, 15) is 0 Å². The smallest absolute Gasteiger partial charge is 0.0715 e. The van der Waals surface area contributed by atoms with Crippen molar-refractivity contribution in [3.05, 3.63) is 153 Å². The van der Waals surface area contributed by atoms with E-state index in [1.807, 2.05) is 5.57 Å². The van der Waals surface area contributed by atoms with Crippen molar-refractivity contribution in [3.63, 3.8) is 0 Å². The molecule has 1 nitrogen and oxygen atoms in total. The van der Waals surface area contributed by atoms with Crippen molar-refractivity contribution in [1.29, 1.82) is 0 Å². The maximum atomic E-state index is 4.13. The van der Waals surface area contributed by atoms with Gasteiger partial charge in [-0.25, -0.2) is 0 Å². The maximum Gasteiger partial charge on any atom is 0.0715 e. The van der Waals surface area contributed by atoms with Gasteiger partial charge in [-0.2, -0.15) is 0 Å². The van der Waals surface area contributed by atoms with E-state index < -0.39 is 0 Å². The molecule has 1 saturated carbocycles. The van der Waals surface area contributed by atoms with E-state index in [0.29, 0.717) is 12.1 Å². The largest absolute Gasteiger partial charge is 0.368 e. The Labute approximate surface area is 348 Å². The number of allylic oxidation sites excluding steroid dienone is 14. The average molecular weight is 767 g/mol. The highest BCUT2D eigenvalue weighted by molar-refractivity contribution is 6.24. The Morgan fingerprint density at radius 3 is 1.96 bits per heavy atom. The topological polar surface area (TPSA) is 3.24 Å². The van der Waals surface area contributed by atoms with Crippen LogP contribution in [0.2, 0.25) is 0 Å². The molecule has 0 bridgehead atoms. The summed E-state index contributed by atoms with van der Waals surface area (Å²) in [7, 11) is 4.13. The fraction of sp³-hybridized carbons (Fsp3) is 0.491. The van der Waals surface area contributed by atoms with Gasteiger partial charge in [-0.3, -0.25) is 0 Å². The number of rotatable bonds is 8. The summed E-state index contributed by atoms with van der Waals surface area (Å²) >= 11 is 0. The summed E-state index contributed by atoms with van der Waals surface area (Å²) in [5, 5.41) is 1.34. The predicted molar refractivity (Wildman–Crippen MR) is 241 cm³/mol. The van der Waals surface area contributed by atoms with Crippen LogP contribution >= 0.6 is 0 Å².